The first kappa shape index (κ1) is 26.4. The maximum Gasteiger partial charge on any atom is 0.254 e. The third kappa shape index (κ3) is 5.17. The monoisotopic (exact) mass is 615 g/mol. The number of hydrogen-bond donors (Lipinski definition) is 0. The number of sulfonamides is 1. The number of piperazine rings is 1. The highest BCUT2D eigenvalue weighted by Gasteiger charge is 2.31. The van der Waals surface area contributed by atoms with Crippen LogP contribution in [0.15, 0.2) is 107 Å². The number of nitrogens with zero attached hydrogens (tertiary/aromatic N) is 5. The maximum atomic E-state index is 13.9. The zero-order valence-electron chi connectivity index (χ0n) is 21.5. The first-order valence-electron chi connectivity index (χ1n) is 12.9. The molecule has 0 radical (unpaired) electrons. The molecule has 1 aliphatic heterocycles. The third-order valence-electron chi connectivity index (χ3n) is 7.04. The van der Waals surface area contributed by atoms with Crippen LogP contribution >= 0.6 is 15.9 Å². The zero-order chi connectivity index (χ0) is 27.7. The Labute approximate surface area is 241 Å². The SMILES string of the molecule is O=C(c1cc(-c2ccccc2)nc2c1cnn2Cc1ccccc1)N1CCN(S(=O)(=O)c2cccc(Br)c2)CC1. The molecule has 0 atom stereocenters. The number of halogens is 1. The van der Waals surface area contributed by atoms with E-state index < -0.39 is 10.0 Å². The number of aromatic nitrogens is 3. The van der Waals surface area contributed by atoms with Gasteiger partial charge in [-0.3, -0.25) is 4.79 Å². The van der Waals surface area contributed by atoms with Gasteiger partial charge in [0.1, 0.15) is 0 Å². The number of amides is 1. The lowest BCUT2D eigenvalue weighted by atomic mass is 10.1. The van der Waals surface area contributed by atoms with Gasteiger partial charge in [0.05, 0.1) is 34.3 Å². The molecule has 202 valence electrons. The highest BCUT2D eigenvalue weighted by atomic mass is 79.9. The molecular formula is C30H26BrN5O3S. The molecule has 1 amide bonds. The van der Waals surface area contributed by atoms with E-state index in [9.17, 15) is 13.2 Å². The second kappa shape index (κ2) is 11.0. The lowest BCUT2D eigenvalue weighted by molar-refractivity contribution is 0.0700. The Morgan fingerprint density at radius 1 is 0.850 bits per heavy atom. The van der Waals surface area contributed by atoms with Gasteiger partial charge in [0.25, 0.3) is 5.91 Å². The molecule has 3 aromatic carbocycles. The average Bonchev–Trinajstić information content (AvgIpc) is 3.40. The first-order chi connectivity index (χ1) is 19.4. The molecule has 10 heteroatoms. The third-order valence-corrected chi connectivity index (χ3v) is 9.43. The van der Waals surface area contributed by atoms with Gasteiger partial charge in [0.15, 0.2) is 5.65 Å². The molecular weight excluding hydrogens is 590 g/mol. The van der Waals surface area contributed by atoms with Gasteiger partial charge >= 0.3 is 0 Å². The fourth-order valence-corrected chi connectivity index (χ4v) is 6.95. The van der Waals surface area contributed by atoms with Crippen LogP contribution in [0.2, 0.25) is 0 Å². The predicted octanol–water partition coefficient (Wildman–Crippen LogP) is 5.06. The molecule has 0 unspecified atom stereocenters. The van der Waals surface area contributed by atoms with Crippen molar-refractivity contribution in [3.8, 4) is 11.3 Å². The fourth-order valence-electron chi connectivity index (χ4n) is 4.93. The molecule has 0 saturated carbocycles. The Morgan fingerprint density at radius 2 is 1.55 bits per heavy atom. The van der Waals surface area contributed by atoms with Gasteiger partial charge in [-0.1, -0.05) is 82.7 Å². The van der Waals surface area contributed by atoms with Crippen molar-refractivity contribution in [2.24, 2.45) is 0 Å². The van der Waals surface area contributed by atoms with Crippen molar-refractivity contribution in [2.75, 3.05) is 26.2 Å². The number of carbonyl (C=O) groups is 1. The van der Waals surface area contributed by atoms with E-state index in [-0.39, 0.29) is 37.0 Å². The first-order valence-corrected chi connectivity index (χ1v) is 15.1. The molecule has 0 bridgehead atoms. The van der Waals surface area contributed by atoms with Gasteiger partial charge in [0.2, 0.25) is 10.0 Å². The normalized spacial score (nSPS) is 14.5. The summed E-state index contributed by atoms with van der Waals surface area (Å²) >= 11 is 3.35. The lowest BCUT2D eigenvalue weighted by Gasteiger charge is -2.34. The highest BCUT2D eigenvalue weighted by molar-refractivity contribution is 9.10. The Hall–Kier alpha value is -3.86. The van der Waals surface area contributed by atoms with Crippen molar-refractivity contribution in [1.82, 2.24) is 24.0 Å². The number of benzene rings is 3. The number of carbonyl (C=O) groups excluding carboxylic acids is 1. The topological polar surface area (TPSA) is 88.4 Å². The second-order valence-corrected chi connectivity index (χ2v) is 12.5. The van der Waals surface area contributed by atoms with Crippen LogP contribution in [-0.4, -0.2) is 64.5 Å². The number of pyridine rings is 1. The van der Waals surface area contributed by atoms with Crippen molar-refractivity contribution in [3.63, 3.8) is 0 Å². The number of rotatable bonds is 6. The molecule has 5 aromatic rings. The Balaban J connectivity index is 1.31. The molecule has 0 spiro atoms. The Morgan fingerprint density at radius 3 is 2.25 bits per heavy atom. The average molecular weight is 617 g/mol. The summed E-state index contributed by atoms with van der Waals surface area (Å²) in [5, 5.41) is 5.26. The number of fused-ring (bicyclic) bond motifs is 1. The summed E-state index contributed by atoms with van der Waals surface area (Å²) in [6.07, 6.45) is 1.70. The van der Waals surface area contributed by atoms with Crippen LogP contribution in [0.3, 0.4) is 0 Å². The molecule has 1 fully saturated rings. The van der Waals surface area contributed by atoms with E-state index in [1.165, 1.54) is 4.31 Å². The maximum absolute atomic E-state index is 13.9. The van der Waals surface area contributed by atoms with Crippen LogP contribution in [0, 0.1) is 0 Å². The van der Waals surface area contributed by atoms with Crippen LogP contribution < -0.4 is 0 Å². The summed E-state index contributed by atoms with van der Waals surface area (Å²) in [5.41, 5.74) is 3.80. The Bertz CT molecular complexity index is 1780. The Kier molecular flexibility index (Phi) is 7.22. The molecule has 0 N–H and O–H groups in total. The predicted molar refractivity (Wildman–Crippen MR) is 157 cm³/mol. The standard InChI is InChI=1S/C30H26BrN5O3S/c31-24-12-7-13-25(18-24)40(38,39)35-16-14-34(15-17-35)30(37)26-19-28(23-10-5-2-6-11-23)33-29-27(26)20-32-36(29)21-22-8-3-1-4-9-22/h1-13,18-20H,14-17,21H2. The summed E-state index contributed by atoms with van der Waals surface area (Å²) in [6, 6.07) is 28.2. The fraction of sp³-hybridized carbons (Fsp3) is 0.167. The van der Waals surface area contributed by atoms with E-state index in [1.54, 1.807) is 35.4 Å². The van der Waals surface area contributed by atoms with Crippen molar-refractivity contribution in [3.05, 3.63) is 113 Å². The van der Waals surface area contributed by atoms with Crippen molar-refractivity contribution >= 4 is 42.9 Å². The van der Waals surface area contributed by atoms with Crippen LogP contribution in [0.25, 0.3) is 22.3 Å². The number of hydrogen-bond acceptors (Lipinski definition) is 5. The van der Waals surface area contributed by atoms with Crippen LogP contribution in [0.5, 0.6) is 0 Å². The quantitative estimate of drug-likeness (QED) is 0.266. The van der Waals surface area contributed by atoms with E-state index >= 15 is 0 Å². The molecule has 6 rings (SSSR count). The summed E-state index contributed by atoms with van der Waals surface area (Å²) in [5.74, 6) is -0.164. The summed E-state index contributed by atoms with van der Waals surface area (Å²) < 4.78 is 30.3. The lowest BCUT2D eigenvalue weighted by Crippen LogP contribution is -2.50. The van der Waals surface area contributed by atoms with Crippen molar-refractivity contribution < 1.29 is 13.2 Å². The molecule has 2 aromatic heterocycles. The van der Waals surface area contributed by atoms with Gasteiger partial charge < -0.3 is 4.90 Å². The molecule has 1 saturated heterocycles. The minimum Gasteiger partial charge on any atom is -0.336 e. The van der Waals surface area contributed by atoms with Gasteiger partial charge in [-0.15, -0.1) is 0 Å². The minimum atomic E-state index is -3.66. The van der Waals surface area contributed by atoms with Crippen LogP contribution in [0.1, 0.15) is 15.9 Å². The van der Waals surface area contributed by atoms with E-state index in [0.29, 0.717) is 33.3 Å². The molecule has 1 aliphatic rings. The van der Waals surface area contributed by atoms with Gasteiger partial charge in [-0.05, 0) is 29.8 Å². The highest BCUT2D eigenvalue weighted by Crippen LogP contribution is 2.27. The smallest absolute Gasteiger partial charge is 0.254 e. The zero-order valence-corrected chi connectivity index (χ0v) is 23.9. The second-order valence-electron chi connectivity index (χ2n) is 9.60. The van der Waals surface area contributed by atoms with Gasteiger partial charge in [-0.25, -0.2) is 18.1 Å². The van der Waals surface area contributed by atoms with Crippen molar-refractivity contribution in [2.45, 2.75) is 11.4 Å². The van der Waals surface area contributed by atoms with Gasteiger partial charge in [0, 0.05) is 36.2 Å². The van der Waals surface area contributed by atoms with Gasteiger partial charge in [-0.2, -0.15) is 9.40 Å². The van der Waals surface area contributed by atoms with Crippen molar-refractivity contribution in [1.29, 1.82) is 0 Å². The molecule has 8 nitrogen and oxygen atoms in total. The minimum absolute atomic E-state index is 0.164. The van der Waals surface area contributed by atoms with Crippen LogP contribution in [0.4, 0.5) is 0 Å². The largest absolute Gasteiger partial charge is 0.336 e. The van der Waals surface area contributed by atoms with E-state index in [0.717, 1.165) is 11.1 Å². The summed E-state index contributed by atoms with van der Waals surface area (Å²) in [4.78, 5) is 20.8. The van der Waals surface area contributed by atoms with E-state index in [1.807, 2.05) is 71.4 Å². The van der Waals surface area contributed by atoms with E-state index in [2.05, 4.69) is 21.0 Å². The molecule has 40 heavy (non-hydrogen) atoms. The van der Waals surface area contributed by atoms with Crippen LogP contribution in [-0.2, 0) is 16.6 Å². The summed E-state index contributed by atoms with van der Waals surface area (Å²) in [7, 11) is -3.66. The molecule has 0 aliphatic carbocycles. The summed E-state index contributed by atoms with van der Waals surface area (Å²) in [6.45, 7) is 1.53. The molecule has 3 heterocycles. The van der Waals surface area contributed by atoms with E-state index in [4.69, 9.17) is 4.98 Å².